The second kappa shape index (κ2) is 7.17. The molecular weight excluding hydrogens is 252 g/mol. The van der Waals surface area contributed by atoms with Crippen LogP contribution < -0.4 is 15.8 Å². The SMILES string of the molecule is COc1cc(N)ccc1C(=O)NCCC1CCCCC1. The van der Waals surface area contributed by atoms with Crippen molar-refractivity contribution in [1.29, 1.82) is 0 Å². The van der Waals surface area contributed by atoms with E-state index >= 15 is 0 Å². The number of methoxy groups -OCH3 is 1. The third kappa shape index (κ3) is 3.89. The number of nitrogens with two attached hydrogens (primary N) is 1. The Morgan fingerprint density at radius 1 is 1.35 bits per heavy atom. The minimum Gasteiger partial charge on any atom is -0.496 e. The van der Waals surface area contributed by atoms with Crippen molar-refractivity contribution in [3.05, 3.63) is 23.8 Å². The topological polar surface area (TPSA) is 64.3 Å². The summed E-state index contributed by atoms with van der Waals surface area (Å²) in [4.78, 5) is 12.1. The number of amides is 1. The van der Waals surface area contributed by atoms with Gasteiger partial charge in [-0.25, -0.2) is 0 Å². The fraction of sp³-hybridized carbons (Fsp3) is 0.562. The first-order chi connectivity index (χ1) is 9.70. The van der Waals surface area contributed by atoms with E-state index in [9.17, 15) is 4.79 Å². The maximum Gasteiger partial charge on any atom is 0.255 e. The fourth-order valence-electron chi connectivity index (χ4n) is 2.86. The van der Waals surface area contributed by atoms with E-state index < -0.39 is 0 Å². The number of ether oxygens (including phenoxy) is 1. The van der Waals surface area contributed by atoms with Crippen LogP contribution in [0.2, 0.25) is 0 Å². The number of nitrogens with one attached hydrogen (secondary N) is 1. The van der Waals surface area contributed by atoms with Gasteiger partial charge in [-0.1, -0.05) is 32.1 Å². The number of hydrogen-bond donors (Lipinski definition) is 2. The molecular formula is C16H24N2O2. The van der Waals surface area contributed by atoms with Crippen LogP contribution in [0.5, 0.6) is 5.75 Å². The summed E-state index contributed by atoms with van der Waals surface area (Å²) in [5.41, 5.74) is 6.83. The first-order valence-electron chi connectivity index (χ1n) is 7.42. The Balaban J connectivity index is 1.85. The van der Waals surface area contributed by atoms with Gasteiger partial charge >= 0.3 is 0 Å². The zero-order valence-corrected chi connectivity index (χ0v) is 12.2. The molecule has 0 unspecified atom stereocenters. The average molecular weight is 276 g/mol. The summed E-state index contributed by atoms with van der Waals surface area (Å²) in [5, 5.41) is 2.98. The van der Waals surface area contributed by atoms with Crippen molar-refractivity contribution in [2.24, 2.45) is 5.92 Å². The van der Waals surface area contributed by atoms with E-state index in [2.05, 4.69) is 5.32 Å². The van der Waals surface area contributed by atoms with Gasteiger partial charge in [0.1, 0.15) is 5.75 Å². The van der Waals surface area contributed by atoms with Gasteiger partial charge < -0.3 is 15.8 Å². The van der Waals surface area contributed by atoms with Gasteiger partial charge in [0.05, 0.1) is 12.7 Å². The van der Waals surface area contributed by atoms with Crippen molar-refractivity contribution in [2.75, 3.05) is 19.4 Å². The van der Waals surface area contributed by atoms with Crippen LogP contribution in [0.25, 0.3) is 0 Å². The summed E-state index contributed by atoms with van der Waals surface area (Å²) < 4.78 is 5.20. The summed E-state index contributed by atoms with van der Waals surface area (Å²) >= 11 is 0. The van der Waals surface area contributed by atoms with Gasteiger partial charge in [0.2, 0.25) is 0 Å². The van der Waals surface area contributed by atoms with Crippen LogP contribution in [0.4, 0.5) is 5.69 Å². The van der Waals surface area contributed by atoms with Gasteiger partial charge in [-0.3, -0.25) is 4.79 Å². The Morgan fingerprint density at radius 2 is 2.10 bits per heavy atom. The molecule has 0 heterocycles. The second-order valence-corrected chi connectivity index (χ2v) is 5.51. The van der Waals surface area contributed by atoms with E-state index in [-0.39, 0.29) is 5.91 Å². The zero-order valence-electron chi connectivity index (χ0n) is 12.2. The average Bonchev–Trinajstić information content (AvgIpc) is 2.48. The Bertz CT molecular complexity index is 454. The maximum atomic E-state index is 12.1. The Morgan fingerprint density at radius 3 is 2.80 bits per heavy atom. The third-order valence-electron chi connectivity index (χ3n) is 4.03. The van der Waals surface area contributed by atoms with Gasteiger partial charge in [-0.15, -0.1) is 0 Å². The molecule has 0 radical (unpaired) electrons. The van der Waals surface area contributed by atoms with Gasteiger partial charge in [0.15, 0.2) is 0 Å². The quantitative estimate of drug-likeness (QED) is 0.813. The summed E-state index contributed by atoms with van der Waals surface area (Å²) in [6.07, 6.45) is 7.73. The largest absolute Gasteiger partial charge is 0.496 e. The van der Waals surface area contributed by atoms with E-state index in [1.807, 2.05) is 0 Å². The molecule has 0 atom stereocenters. The predicted molar refractivity (Wildman–Crippen MR) is 80.9 cm³/mol. The lowest BCUT2D eigenvalue weighted by atomic mass is 9.87. The van der Waals surface area contributed by atoms with Crippen molar-refractivity contribution >= 4 is 11.6 Å². The molecule has 4 nitrogen and oxygen atoms in total. The number of carbonyl (C=O) groups is 1. The second-order valence-electron chi connectivity index (χ2n) is 5.51. The summed E-state index contributed by atoms with van der Waals surface area (Å²) in [7, 11) is 1.55. The molecule has 0 aliphatic heterocycles. The van der Waals surface area contributed by atoms with E-state index in [4.69, 9.17) is 10.5 Å². The zero-order chi connectivity index (χ0) is 14.4. The molecule has 1 aliphatic carbocycles. The molecule has 0 spiro atoms. The smallest absolute Gasteiger partial charge is 0.255 e. The molecule has 20 heavy (non-hydrogen) atoms. The van der Waals surface area contributed by atoms with Crippen molar-refractivity contribution in [3.8, 4) is 5.75 Å². The third-order valence-corrected chi connectivity index (χ3v) is 4.03. The van der Waals surface area contributed by atoms with Crippen LogP contribution in [-0.2, 0) is 0 Å². The van der Waals surface area contributed by atoms with Crippen LogP contribution in [0, 0.1) is 5.92 Å². The minimum absolute atomic E-state index is 0.0855. The van der Waals surface area contributed by atoms with E-state index in [1.165, 1.54) is 32.1 Å². The van der Waals surface area contributed by atoms with E-state index in [0.717, 1.165) is 18.9 Å². The molecule has 4 heteroatoms. The molecule has 0 saturated heterocycles. The number of hydrogen-bond acceptors (Lipinski definition) is 3. The molecule has 3 N–H and O–H groups in total. The van der Waals surface area contributed by atoms with Gasteiger partial charge in [0.25, 0.3) is 5.91 Å². The molecule has 1 saturated carbocycles. The standard InChI is InChI=1S/C16H24N2O2/c1-20-15-11-13(17)7-8-14(15)16(19)18-10-9-12-5-3-2-4-6-12/h7-8,11-12H,2-6,9-10,17H2,1H3,(H,18,19). The Labute approximate surface area is 120 Å². The number of carbonyl (C=O) groups excluding carboxylic acids is 1. The number of anilines is 1. The van der Waals surface area contributed by atoms with E-state index in [1.54, 1.807) is 25.3 Å². The Hall–Kier alpha value is -1.71. The molecule has 0 aromatic heterocycles. The fourth-order valence-corrected chi connectivity index (χ4v) is 2.86. The highest BCUT2D eigenvalue weighted by Gasteiger charge is 2.15. The molecule has 2 rings (SSSR count). The Kier molecular flexibility index (Phi) is 5.27. The van der Waals surface area contributed by atoms with Gasteiger partial charge in [-0.05, 0) is 24.5 Å². The maximum absolute atomic E-state index is 12.1. The van der Waals surface area contributed by atoms with Crippen molar-refractivity contribution < 1.29 is 9.53 Å². The molecule has 1 amide bonds. The van der Waals surface area contributed by atoms with Crippen LogP contribution in [0.15, 0.2) is 18.2 Å². The highest BCUT2D eigenvalue weighted by atomic mass is 16.5. The lowest BCUT2D eigenvalue weighted by molar-refractivity contribution is 0.0947. The van der Waals surface area contributed by atoms with Crippen molar-refractivity contribution in [2.45, 2.75) is 38.5 Å². The summed E-state index contributed by atoms with van der Waals surface area (Å²) in [5.74, 6) is 1.22. The lowest BCUT2D eigenvalue weighted by Gasteiger charge is -2.21. The van der Waals surface area contributed by atoms with Gasteiger partial charge in [0, 0.05) is 18.3 Å². The number of benzene rings is 1. The highest BCUT2D eigenvalue weighted by Crippen LogP contribution is 2.26. The normalized spacial score (nSPS) is 15.8. The molecule has 1 fully saturated rings. The highest BCUT2D eigenvalue weighted by molar-refractivity contribution is 5.97. The van der Waals surface area contributed by atoms with Crippen molar-refractivity contribution in [1.82, 2.24) is 5.32 Å². The number of rotatable bonds is 5. The predicted octanol–water partition coefficient (Wildman–Crippen LogP) is 2.98. The number of nitrogen functional groups attached to an aromatic ring is 1. The van der Waals surface area contributed by atoms with Crippen molar-refractivity contribution in [3.63, 3.8) is 0 Å². The molecule has 1 aromatic carbocycles. The van der Waals surface area contributed by atoms with Crippen LogP contribution in [0.3, 0.4) is 0 Å². The molecule has 0 bridgehead atoms. The molecule has 110 valence electrons. The molecule has 1 aromatic rings. The van der Waals surface area contributed by atoms with Crippen LogP contribution >= 0.6 is 0 Å². The summed E-state index contributed by atoms with van der Waals surface area (Å²) in [6, 6.07) is 5.11. The first kappa shape index (κ1) is 14.7. The van der Waals surface area contributed by atoms with E-state index in [0.29, 0.717) is 17.0 Å². The summed E-state index contributed by atoms with van der Waals surface area (Å²) in [6.45, 7) is 0.733. The van der Waals surface area contributed by atoms with Crippen LogP contribution in [0.1, 0.15) is 48.9 Å². The molecule has 1 aliphatic rings. The lowest BCUT2D eigenvalue weighted by Crippen LogP contribution is -2.26. The van der Waals surface area contributed by atoms with Gasteiger partial charge in [-0.2, -0.15) is 0 Å². The van der Waals surface area contributed by atoms with Crippen LogP contribution in [-0.4, -0.2) is 19.6 Å². The minimum atomic E-state index is -0.0855. The monoisotopic (exact) mass is 276 g/mol. The first-order valence-corrected chi connectivity index (χ1v) is 7.42.